The molecule has 8 nitrogen and oxygen atoms in total. The molecule has 39 heavy (non-hydrogen) atoms. The van der Waals surface area contributed by atoms with Gasteiger partial charge >= 0.3 is 6.09 Å². The number of hydrogen-bond donors (Lipinski definition) is 3. The molecule has 0 aliphatic carbocycles. The molecule has 0 fully saturated rings. The Morgan fingerprint density at radius 2 is 1.74 bits per heavy atom. The van der Waals surface area contributed by atoms with Crippen molar-refractivity contribution in [2.75, 3.05) is 0 Å². The zero-order valence-electron chi connectivity index (χ0n) is 23.0. The number of pyridine rings is 1. The summed E-state index contributed by atoms with van der Waals surface area (Å²) in [5, 5.41) is 14.4. The van der Waals surface area contributed by atoms with Crippen LogP contribution in [0.3, 0.4) is 0 Å². The van der Waals surface area contributed by atoms with Gasteiger partial charge < -0.3 is 20.7 Å². The Hall–Kier alpha value is -3.98. The molecule has 4 rings (SSSR count). The summed E-state index contributed by atoms with van der Waals surface area (Å²) < 4.78 is 1.74. The van der Waals surface area contributed by atoms with Crippen LogP contribution in [0.2, 0.25) is 0 Å². The van der Waals surface area contributed by atoms with E-state index in [4.69, 9.17) is 5.73 Å². The molecule has 0 aliphatic rings. The molecule has 1 atom stereocenters. The Morgan fingerprint density at radius 1 is 1.08 bits per heavy atom. The molecule has 0 bridgehead atoms. The number of nitrogens with one attached hydrogen (secondary N) is 1. The number of fused-ring (bicyclic) bond motifs is 1. The van der Waals surface area contributed by atoms with Crippen molar-refractivity contribution in [1.29, 1.82) is 0 Å². The van der Waals surface area contributed by atoms with Gasteiger partial charge in [-0.3, -0.25) is 9.59 Å². The molecule has 2 aromatic carbocycles. The maximum atomic E-state index is 14.1. The van der Waals surface area contributed by atoms with Crippen molar-refractivity contribution in [1.82, 2.24) is 14.9 Å². The molecule has 2 heterocycles. The summed E-state index contributed by atoms with van der Waals surface area (Å²) in [6.07, 6.45) is -1.16. The fraction of sp³-hybridized carbons (Fsp3) is 0.333. The van der Waals surface area contributed by atoms with Crippen molar-refractivity contribution in [2.24, 2.45) is 17.1 Å². The zero-order valence-corrected chi connectivity index (χ0v) is 23.8. The van der Waals surface area contributed by atoms with Gasteiger partial charge in [0.2, 0.25) is 0 Å². The SMILES string of the molecule is Cc1nc(-c2ccc3c(=O)n(CC(C)C)c(C(NC(=O)O)C(C)(C)C)c(-c4ccccc4)c3c2)sc1C(N)=O. The molecule has 0 saturated carbocycles. The second-order valence-electron chi connectivity index (χ2n) is 11.2. The lowest BCUT2D eigenvalue weighted by Crippen LogP contribution is -2.40. The molecule has 4 N–H and O–H groups in total. The third-order valence-electron chi connectivity index (χ3n) is 6.60. The highest BCUT2D eigenvalue weighted by molar-refractivity contribution is 7.17. The zero-order chi connectivity index (χ0) is 28.6. The first-order valence-corrected chi connectivity index (χ1v) is 13.6. The van der Waals surface area contributed by atoms with E-state index < -0.39 is 23.5 Å². The number of carbonyl (C=O) groups excluding carboxylic acids is 1. The predicted molar refractivity (Wildman–Crippen MR) is 156 cm³/mol. The first-order valence-electron chi connectivity index (χ1n) is 12.8. The number of thiazole rings is 1. The minimum absolute atomic E-state index is 0.137. The molecule has 2 amide bonds. The molecular formula is C30H34N4O4S. The van der Waals surface area contributed by atoms with E-state index in [1.165, 1.54) is 11.3 Å². The van der Waals surface area contributed by atoms with Crippen LogP contribution in [0.25, 0.3) is 32.5 Å². The van der Waals surface area contributed by atoms with Crippen molar-refractivity contribution >= 4 is 34.1 Å². The van der Waals surface area contributed by atoms with Gasteiger partial charge in [0, 0.05) is 23.1 Å². The third-order valence-corrected chi connectivity index (χ3v) is 7.82. The van der Waals surface area contributed by atoms with Crippen molar-refractivity contribution in [3.05, 3.63) is 75.1 Å². The highest BCUT2D eigenvalue weighted by Crippen LogP contribution is 2.42. The van der Waals surface area contributed by atoms with Gasteiger partial charge in [-0.25, -0.2) is 9.78 Å². The summed E-state index contributed by atoms with van der Waals surface area (Å²) >= 11 is 1.21. The van der Waals surface area contributed by atoms with Gasteiger partial charge in [0.1, 0.15) is 9.88 Å². The lowest BCUT2D eigenvalue weighted by molar-refractivity contribution is 0.100. The van der Waals surface area contributed by atoms with Gasteiger partial charge in [-0.1, -0.05) is 71.0 Å². The number of aromatic nitrogens is 2. The van der Waals surface area contributed by atoms with Gasteiger partial charge in [0.25, 0.3) is 11.5 Å². The summed E-state index contributed by atoms with van der Waals surface area (Å²) in [6, 6.07) is 14.5. The number of benzene rings is 2. The van der Waals surface area contributed by atoms with Gasteiger partial charge in [0.15, 0.2) is 0 Å². The molecule has 2 aromatic heterocycles. The topological polar surface area (TPSA) is 127 Å². The van der Waals surface area contributed by atoms with Crippen LogP contribution in [0, 0.1) is 18.3 Å². The van der Waals surface area contributed by atoms with Crippen molar-refractivity contribution in [2.45, 2.75) is 54.1 Å². The average Bonchev–Trinajstić information content (AvgIpc) is 3.25. The molecule has 0 spiro atoms. The van der Waals surface area contributed by atoms with Crippen LogP contribution >= 0.6 is 11.3 Å². The molecule has 9 heteroatoms. The van der Waals surface area contributed by atoms with Crippen LogP contribution in [-0.4, -0.2) is 26.7 Å². The molecule has 0 aliphatic heterocycles. The average molecular weight is 547 g/mol. The second kappa shape index (κ2) is 10.6. The first kappa shape index (κ1) is 28.0. The Balaban J connectivity index is 2.18. The van der Waals surface area contributed by atoms with Gasteiger partial charge in [-0.15, -0.1) is 11.3 Å². The van der Waals surface area contributed by atoms with Crippen molar-refractivity contribution in [3.8, 4) is 21.7 Å². The van der Waals surface area contributed by atoms with Crippen molar-refractivity contribution in [3.63, 3.8) is 0 Å². The normalized spacial score (nSPS) is 12.6. The van der Waals surface area contributed by atoms with E-state index in [9.17, 15) is 19.5 Å². The second-order valence-corrected chi connectivity index (χ2v) is 12.2. The predicted octanol–water partition coefficient (Wildman–Crippen LogP) is 6.21. The molecule has 204 valence electrons. The maximum absolute atomic E-state index is 14.1. The van der Waals surface area contributed by atoms with Crippen LogP contribution in [0.15, 0.2) is 53.3 Å². The number of rotatable bonds is 7. The highest BCUT2D eigenvalue weighted by Gasteiger charge is 2.34. The van der Waals surface area contributed by atoms with Gasteiger partial charge in [-0.2, -0.15) is 0 Å². The van der Waals surface area contributed by atoms with Crippen LogP contribution in [0.5, 0.6) is 0 Å². The minimum atomic E-state index is -1.16. The maximum Gasteiger partial charge on any atom is 0.405 e. The third kappa shape index (κ3) is 5.59. The van der Waals surface area contributed by atoms with Crippen LogP contribution in [-0.2, 0) is 6.54 Å². The lowest BCUT2D eigenvalue weighted by Gasteiger charge is -2.35. The monoisotopic (exact) mass is 546 g/mol. The number of amides is 2. The number of carbonyl (C=O) groups is 2. The van der Waals surface area contributed by atoms with Gasteiger partial charge in [-0.05, 0) is 41.3 Å². The minimum Gasteiger partial charge on any atom is -0.465 e. The van der Waals surface area contributed by atoms with E-state index in [-0.39, 0.29) is 11.5 Å². The standard InChI is InChI=1S/C30H34N4O4S/c1-16(2)15-34-23(25(30(4,5)6)33-29(37)38)22(18-10-8-7-9-11-18)21-14-19(12-13-20(21)28(34)36)27-32-17(3)24(39-27)26(31)35/h7-14,16,25,33H,15H2,1-6H3,(H2,31,35)(H,37,38). The van der Waals surface area contributed by atoms with E-state index >= 15 is 0 Å². The Morgan fingerprint density at radius 3 is 2.28 bits per heavy atom. The molecule has 0 radical (unpaired) electrons. The summed E-state index contributed by atoms with van der Waals surface area (Å²) in [6.45, 7) is 12.1. The Kier molecular flexibility index (Phi) is 7.66. The van der Waals surface area contributed by atoms with Crippen molar-refractivity contribution < 1.29 is 14.7 Å². The largest absolute Gasteiger partial charge is 0.465 e. The van der Waals surface area contributed by atoms with E-state index in [0.717, 1.165) is 16.7 Å². The van der Waals surface area contributed by atoms with Crippen LogP contribution in [0.4, 0.5) is 4.79 Å². The fourth-order valence-corrected chi connectivity index (χ4v) is 5.83. The number of nitrogens with two attached hydrogens (primary N) is 1. The van der Waals surface area contributed by atoms with E-state index in [1.807, 2.05) is 77.1 Å². The fourth-order valence-electron chi connectivity index (χ4n) is 4.92. The number of carboxylic acid groups (broad SMARTS) is 1. The smallest absolute Gasteiger partial charge is 0.405 e. The number of aryl methyl sites for hydroxylation is 1. The lowest BCUT2D eigenvalue weighted by atomic mass is 9.80. The Bertz CT molecular complexity index is 1610. The molecule has 4 aromatic rings. The summed E-state index contributed by atoms with van der Waals surface area (Å²) in [5.41, 5.74) is 8.36. The number of nitrogens with zero attached hydrogens (tertiary/aromatic N) is 2. The molecule has 0 saturated heterocycles. The van der Waals surface area contributed by atoms with E-state index in [1.54, 1.807) is 17.6 Å². The highest BCUT2D eigenvalue weighted by atomic mass is 32.1. The van der Waals surface area contributed by atoms with E-state index in [2.05, 4.69) is 10.3 Å². The summed E-state index contributed by atoms with van der Waals surface area (Å²) in [5.74, 6) is -0.397. The van der Waals surface area contributed by atoms with Crippen LogP contribution < -0.4 is 16.6 Å². The summed E-state index contributed by atoms with van der Waals surface area (Å²) in [4.78, 5) is 43.0. The number of hydrogen-bond acceptors (Lipinski definition) is 5. The van der Waals surface area contributed by atoms with E-state index in [0.29, 0.717) is 38.6 Å². The van der Waals surface area contributed by atoms with Crippen LogP contribution in [0.1, 0.15) is 61.7 Å². The Labute approximate surface area is 231 Å². The first-order chi connectivity index (χ1) is 18.3. The summed E-state index contributed by atoms with van der Waals surface area (Å²) in [7, 11) is 0. The quantitative estimate of drug-likeness (QED) is 0.254. The molecular weight excluding hydrogens is 512 g/mol. The molecule has 1 unspecified atom stereocenters. The van der Waals surface area contributed by atoms with Gasteiger partial charge in [0.05, 0.1) is 17.4 Å². The number of primary amides is 1.